The van der Waals surface area contributed by atoms with E-state index in [2.05, 4.69) is 11.2 Å². The number of carbonyl (C=O) groups is 2. The fraction of sp³-hybridized carbons (Fsp3) is 0. The molecule has 3 heteroatoms. The Bertz CT molecular complexity index is 176. The van der Waals surface area contributed by atoms with Crippen LogP contribution in [0.5, 0.6) is 0 Å². The van der Waals surface area contributed by atoms with E-state index in [-0.39, 0.29) is 5.57 Å². The Morgan fingerprint density at radius 1 is 1.56 bits per heavy atom. The molecule has 0 heterocycles. The minimum Gasteiger partial charge on any atom is -0.334 e. The van der Waals surface area contributed by atoms with E-state index in [1.165, 1.54) is 0 Å². The van der Waals surface area contributed by atoms with Crippen molar-refractivity contribution in [2.45, 2.75) is 0 Å². The first-order valence-electron chi connectivity index (χ1n) is 2.16. The molecule has 1 amide bonds. The van der Waals surface area contributed by atoms with Gasteiger partial charge in [-0.3, -0.25) is 9.59 Å². The number of hydrogen-bond donors (Lipinski definition) is 1. The second-order valence-electron chi connectivity index (χ2n) is 1.15. The molecule has 0 aliphatic rings. The molecule has 0 spiro atoms. The van der Waals surface area contributed by atoms with Gasteiger partial charge in [0.25, 0.3) is 0 Å². The molecule has 0 aromatic carbocycles. The van der Waals surface area contributed by atoms with Gasteiger partial charge in [0.1, 0.15) is 0 Å². The Balaban J connectivity index is 3.94. The van der Waals surface area contributed by atoms with Gasteiger partial charge in [-0.1, -0.05) is 5.92 Å². The minimum atomic E-state index is 0.113. The summed E-state index contributed by atoms with van der Waals surface area (Å²) in [6.45, 7) is 0. The zero-order valence-corrected chi connectivity index (χ0v) is 4.63. The first kappa shape index (κ1) is 7.44. The van der Waals surface area contributed by atoms with Gasteiger partial charge in [0.05, 0.1) is 5.57 Å². The molecule has 0 saturated carbocycles. The molecule has 0 fully saturated rings. The Morgan fingerprint density at radius 2 is 2.22 bits per heavy atom. The summed E-state index contributed by atoms with van der Waals surface area (Å²) in [7, 11) is 0. The highest BCUT2D eigenvalue weighted by Crippen LogP contribution is 1.79. The maximum atomic E-state index is 9.88. The third-order valence-electron chi connectivity index (χ3n) is 0.601. The van der Waals surface area contributed by atoms with Crippen LogP contribution in [-0.2, 0) is 9.59 Å². The van der Waals surface area contributed by atoms with Crippen molar-refractivity contribution in [3.8, 4) is 12.3 Å². The normalized spacial score (nSPS) is 9.44. The molecule has 0 aliphatic carbocycles. The van der Waals surface area contributed by atoms with Gasteiger partial charge in [-0.2, -0.15) is 0 Å². The molecule has 0 bridgehead atoms. The van der Waals surface area contributed by atoms with Gasteiger partial charge in [0, 0.05) is 6.20 Å². The standard InChI is InChI=1S/C6H5NO2/c1-2-6(4-8)3-7-5-9/h1,3-5H,(H,7,9). The van der Waals surface area contributed by atoms with Crippen molar-refractivity contribution in [2.24, 2.45) is 0 Å². The molecular formula is C6H5NO2. The molecule has 0 radical (unpaired) electrons. The predicted octanol–water partition coefficient (Wildman–Crippen LogP) is -0.552. The van der Waals surface area contributed by atoms with E-state index in [0.29, 0.717) is 12.7 Å². The SMILES string of the molecule is C#CC(C=O)=CNC=O. The van der Waals surface area contributed by atoms with Gasteiger partial charge in [-0.05, 0) is 0 Å². The number of terminal acetylenes is 1. The van der Waals surface area contributed by atoms with Crippen molar-refractivity contribution in [2.75, 3.05) is 0 Å². The van der Waals surface area contributed by atoms with Gasteiger partial charge < -0.3 is 5.32 Å². The number of aldehydes is 1. The second-order valence-corrected chi connectivity index (χ2v) is 1.15. The molecule has 0 atom stereocenters. The summed E-state index contributed by atoms with van der Waals surface area (Å²) in [4.78, 5) is 19.5. The number of nitrogens with one attached hydrogen (secondary N) is 1. The highest BCUT2D eigenvalue weighted by Gasteiger charge is 1.82. The average Bonchev–Trinajstić information content (AvgIpc) is 1.91. The zero-order chi connectivity index (χ0) is 7.11. The number of hydrogen-bond acceptors (Lipinski definition) is 2. The maximum absolute atomic E-state index is 9.88. The molecule has 46 valence electrons. The van der Waals surface area contributed by atoms with E-state index in [0.717, 1.165) is 6.20 Å². The van der Waals surface area contributed by atoms with Crippen LogP contribution in [0.25, 0.3) is 0 Å². The minimum absolute atomic E-state index is 0.113. The van der Waals surface area contributed by atoms with Crippen LogP contribution in [0.4, 0.5) is 0 Å². The van der Waals surface area contributed by atoms with Crippen molar-refractivity contribution in [3.63, 3.8) is 0 Å². The molecule has 3 nitrogen and oxygen atoms in total. The smallest absolute Gasteiger partial charge is 0.211 e. The first-order chi connectivity index (χ1) is 4.35. The van der Waals surface area contributed by atoms with Crippen molar-refractivity contribution in [1.29, 1.82) is 0 Å². The van der Waals surface area contributed by atoms with Crippen LogP contribution in [0, 0.1) is 12.3 Å². The van der Waals surface area contributed by atoms with Gasteiger partial charge in [-0.25, -0.2) is 0 Å². The number of carbonyl (C=O) groups excluding carboxylic acids is 2. The van der Waals surface area contributed by atoms with E-state index in [9.17, 15) is 9.59 Å². The van der Waals surface area contributed by atoms with Gasteiger partial charge in [-0.15, -0.1) is 6.42 Å². The lowest BCUT2D eigenvalue weighted by Gasteiger charge is -1.83. The maximum Gasteiger partial charge on any atom is 0.211 e. The first-order valence-corrected chi connectivity index (χ1v) is 2.16. The zero-order valence-electron chi connectivity index (χ0n) is 4.63. The average molecular weight is 123 g/mol. The third kappa shape index (κ3) is 3.06. The Hall–Kier alpha value is -1.56. The predicted molar refractivity (Wildman–Crippen MR) is 32.2 cm³/mol. The van der Waals surface area contributed by atoms with Gasteiger partial charge in [0.15, 0.2) is 6.29 Å². The molecule has 0 aromatic rings. The van der Waals surface area contributed by atoms with Crippen molar-refractivity contribution < 1.29 is 9.59 Å². The van der Waals surface area contributed by atoms with E-state index in [1.54, 1.807) is 0 Å². The summed E-state index contributed by atoms with van der Waals surface area (Å²) in [6.07, 6.45) is 6.89. The number of rotatable bonds is 3. The second kappa shape index (κ2) is 4.60. The fourth-order valence-electron chi connectivity index (χ4n) is 0.234. The van der Waals surface area contributed by atoms with Crippen LogP contribution in [0.1, 0.15) is 0 Å². The summed E-state index contributed by atoms with van der Waals surface area (Å²) in [6, 6.07) is 0. The third-order valence-corrected chi connectivity index (χ3v) is 0.601. The van der Waals surface area contributed by atoms with E-state index >= 15 is 0 Å². The van der Waals surface area contributed by atoms with Crippen LogP contribution in [0.2, 0.25) is 0 Å². The van der Waals surface area contributed by atoms with Gasteiger partial charge >= 0.3 is 0 Å². The molecule has 0 saturated heterocycles. The molecule has 0 rings (SSSR count). The molecule has 0 unspecified atom stereocenters. The topological polar surface area (TPSA) is 46.2 Å². The highest BCUT2D eigenvalue weighted by molar-refractivity contribution is 5.80. The molecule has 0 aromatic heterocycles. The summed E-state index contributed by atoms with van der Waals surface area (Å²) >= 11 is 0. The van der Waals surface area contributed by atoms with Crippen LogP contribution in [0.15, 0.2) is 11.8 Å². The summed E-state index contributed by atoms with van der Waals surface area (Å²) in [5.41, 5.74) is 0.113. The molecule has 1 N–H and O–H groups in total. The number of amides is 1. The largest absolute Gasteiger partial charge is 0.334 e. The van der Waals surface area contributed by atoms with E-state index in [1.807, 2.05) is 0 Å². The van der Waals surface area contributed by atoms with Crippen LogP contribution >= 0.6 is 0 Å². The monoisotopic (exact) mass is 123 g/mol. The van der Waals surface area contributed by atoms with Crippen molar-refractivity contribution in [3.05, 3.63) is 11.8 Å². The van der Waals surface area contributed by atoms with Crippen molar-refractivity contribution in [1.82, 2.24) is 5.32 Å². The van der Waals surface area contributed by atoms with Crippen LogP contribution in [0.3, 0.4) is 0 Å². The van der Waals surface area contributed by atoms with E-state index < -0.39 is 0 Å². The lowest BCUT2D eigenvalue weighted by atomic mass is 10.3. The summed E-state index contributed by atoms with van der Waals surface area (Å²) in [5, 5.41) is 2.13. The quantitative estimate of drug-likeness (QED) is 0.311. The lowest BCUT2D eigenvalue weighted by molar-refractivity contribution is -0.108. The number of allylic oxidation sites excluding steroid dienone is 1. The molecule has 0 aliphatic heterocycles. The van der Waals surface area contributed by atoms with Gasteiger partial charge in [0.2, 0.25) is 6.41 Å². The summed E-state index contributed by atoms with van der Waals surface area (Å²) in [5.74, 6) is 2.06. The fourth-order valence-corrected chi connectivity index (χ4v) is 0.234. The summed E-state index contributed by atoms with van der Waals surface area (Å²) < 4.78 is 0. The van der Waals surface area contributed by atoms with E-state index in [4.69, 9.17) is 6.42 Å². The van der Waals surface area contributed by atoms with Crippen LogP contribution in [-0.4, -0.2) is 12.7 Å². The molecule has 9 heavy (non-hydrogen) atoms. The van der Waals surface area contributed by atoms with Crippen LogP contribution < -0.4 is 5.32 Å². The Morgan fingerprint density at radius 3 is 2.56 bits per heavy atom. The lowest BCUT2D eigenvalue weighted by Crippen LogP contribution is -2.01. The Kier molecular flexibility index (Phi) is 3.80. The molecular weight excluding hydrogens is 118 g/mol. The van der Waals surface area contributed by atoms with Crippen molar-refractivity contribution >= 4 is 12.7 Å². The Labute approximate surface area is 52.7 Å². The highest BCUT2D eigenvalue weighted by atomic mass is 16.1.